The smallest absolute Gasteiger partial charge is 0.257 e. The van der Waals surface area contributed by atoms with Gasteiger partial charge in [-0.15, -0.1) is 0 Å². The van der Waals surface area contributed by atoms with E-state index < -0.39 is 0 Å². The number of carbonyl (C=O) groups excluding carboxylic acids is 1. The van der Waals surface area contributed by atoms with E-state index in [1.54, 1.807) is 24.4 Å². The molecular formula is C20H16ClN3O2. The van der Waals surface area contributed by atoms with Gasteiger partial charge in [-0.1, -0.05) is 17.7 Å². The van der Waals surface area contributed by atoms with Gasteiger partial charge in [-0.3, -0.25) is 9.78 Å². The molecule has 0 aliphatic carbocycles. The Kier molecular flexibility index (Phi) is 4.46. The van der Waals surface area contributed by atoms with Crippen LogP contribution >= 0.6 is 11.6 Å². The molecule has 0 saturated heterocycles. The maximum absolute atomic E-state index is 12.4. The van der Waals surface area contributed by atoms with Gasteiger partial charge in [0.2, 0.25) is 0 Å². The number of hydrogen-bond acceptors (Lipinski definition) is 4. The third-order valence-electron chi connectivity index (χ3n) is 4.12. The molecule has 130 valence electrons. The first-order valence-electron chi connectivity index (χ1n) is 8.23. The predicted molar refractivity (Wildman–Crippen MR) is 103 cm³/mol. The van der Waals surface area contributed by atoms with Crippen molar-refractivity contribution in [3.8, 4) is 5.75 Å². The molecule has 0 fully saturated rings. The monoisotopic (exact) mass is 365 g/mol. The molecule has 0 radical (unpaired) electrons. The van der Waals surface area contributed by atoms with Crippen molar-refractivity contribution in [1.29, 1.82) is 0 Å². The van der Waals surface area contributed by atoms with Crippen molar-refractivity contribution in [2.75, 3.05) is 17.2 Å². The highest BCUT2D eigenvalue weighted by Gasteiger charge is 2.19. The standard InChI is InChI=1S/C20H16ClN3O2/c21-14-3-5-16-18(10-14)23-17-6-4-15(11-19(17)24-20(16)25)26-9-7-13-2-1-8-22-12-13/h1-6,8,10-12,23H,7,9H2,(H,24,25). The number of amides is 1. The second kappa shape index (κ2) is 7.06. The number of carbonyl (C=O) groups is 1. The summed E-state index contributed by atoms with van der Waals surface area (Å²) in [6.45, 7) is 0.529. The van der Waals surface area contributed by atoms with Crippen LogP contribution in [0.2, 0.25) is 5.02 Å². The van der Waals surface area contributed by atoms with E-state index in [4.69, 9.17) is 16.3 Å². The molecule has 26 heavy (non-hydrogen) atoms. The van der Waals surface area contributed by atoms with Gasteiger partial charge in [0.15, 0.2) is 0 Å². The topological polar surface area (TPSA) is 63.2 Å². The highest BCUT2D eigenvalue weighted by atomic mass is 35.5. The van der Waals surface area contributed by atoms with E-state index in [1.165, 1.54) is 0 Å². The summed E-state index contributed by atoms with van der Waals surface area (Å²) in [6, 6.07) is 14.6. The minimum absolute atomic E-state index is 0.185. The number of anilines is 3. The van der Waals surface area contributed by atoms with Crippen LogP contribution in [0.1, 0.15) is 15.9 Å². The quantitative estimate of drug-likeness (QED) is 0.705. The van der Waals surface area contributed by atoms with E-state index in [2.05, 4.69) is 15.6 Å². The first-order valence-corrected chi connectivity index (χ1v) is 8.60. The Labute approximate surface area is 156 Å². The van der Waals surface area contributed by atoms with Gasteiger partial charge in [0, 0.05) is 29.9 Å². The summed E-state index contributed by atoms with van der Waals surface area (Å²) in [7, 11) is 0. The molecule has 1 aromatic heterocycles. The number of pyridine rings is 1. The highest BCUT2D eigenvalue weighted by Crippen LogP contribution is 2.35. The largest absolute Gasteiger partial charge is 0.493 e. The first-order chi connectivity index (χ1) is 12.7. The van der Waals surface area contributed by atoms with Crippen LogP contribution < -0.4 is 15.4 Å². The van der Waals surface area contributed by atoms with E-state index in [1.807, 2.05) is 36.5 Å². The van der Waals surface area contributed by atoms with Gasteiger partial charge in [-0.25, -0.2) is 0 Å². The maximum Gasteiger partial charge on any atom is 0.257 e. The lowest BCUT2D eigenvalue weighted by Crippen LogP contribution is -2.10. The molecule has 1 amide bonds. The number of benzene rings is 2. The molecule has 1 aliphatic rings. The number of nitrogens with one attached hydrogen (secondary N) is 2. The van der Waals surface area contributed by atoms with Crippen molar-refractivity contribution >= 4 is 34.6 Å². The fourth-order valence-corrected chi connectivity index (χ4v) is 2.98. The number of halogens is 1. The molecule has 6 heteroatoms. The second-order valence-corrected chi connectivity index (χ2v) is 6.37. The fourth-order valence-electron chi connectivity index (χ4n) is 2.81. The van der Waals surface area contributed by atoms with E-state index in [9.17, 15) is 4.79 Å². The lowest BCUT2D eigenvalue weighted by Gasteiger charge is -2.12. The normalized spacial score (nSPS) is 12.3. The van der Waals surface area contributed by atoms with E-state index in [0.29, 0.717) is 34.3 Å². The summed E-state index contributed by atoms with van der Waals surface area (Å²) in [5.41, 5.74) is 3.80. The molecule has 1 aliphatic heterocycles. The molecule has 2 heterocycles. The fraction of sp³-hybridized carbons (Fsp3) is 0.100. The van der Waals surface area contributed by atoms with E-state index in [0.717, 1.165) is 17.7 Å². The van der Waals surface area contributed by atoms with Crippen LogP contribution in [-0.2, 0) is 6.42 Å². The van der Waals surface area contributed by atoms with Crippen LogP contribution in [0.3, 0.4) is 0 Å². The van der Waals surface area contributed by atoms with Gasteiger partial charge < -0.3 is 15.4 Å². The Hall–Kier alpha value is -3.05. The van der Waals surface area contributed by atoms with Crippen molar-refractivity contribution in [3.63, 3.8) is 0 Å². The summed E-state index contributed by atoms with van der Waals surface area (Å²) < 4.78 is 5.82. The zero-order valence-electron chi connectivity index (χ0n) is 13.8. The van der Waals surface area contributed by atoms with Crippen molar-refractivity contribution in [2.24, 2.45) is 0 Å². The summed E-state index contributed by atoms with van der Waals surface area (Å²) in [4.78, 5) is 16.5. The molecule has 0 spiro atoms. The van der Waals surface area contributed by atoms with Crippen LogP contribution in [0.15, 0.2) is 60.9 Å². The average Bonchev–Trinajstić information content (AvgIpc) is 2.77. The Morgan fingerprint density at radius 2 is 1.92 bits per heavy atom. The Morgan fingerprint density at radius 3 is 2.77 bits per heavy atom. The number of nitrogens with zero attached hydrogens (tertiary/aromatic N) is 1. The van der Waals surface area contributed by atoms with Crippen LogP contribution in [0, 0.1) is 0 Å². The first kappa shape index (κ1) is 16.4. The zero-order valence-corrected chi connectivity index (χ0v) is 14.6. The average molecular weight is 366 g/mol. The number of fused-ring (bicyclic) bond motifs is 2. The molecule has 5 nitrogen and oxygen atoms in total. The molecule has 3 aromatic rings. The number of rotatable bonds is 4. The zero-order chi connectivity index (χ0) is 17.9. The van der Waals surface area contributed by atoms with Crippen LogP contribution in [0.4, 0.5) is 17.1 Å². The number of ether oxygens (including phenoxy) is 1. The van der Waals surface area contributed by atoms with Gasteiger partial charge in [0.1, 0.15) is 5.75 Å². The minimum Gasteiger partial charge on any atom is -0.493 e. The molecule has 0 unspecified atom stereocenters. The third kappa shape index (κ3) is 3.48. The van der Waals surface area contributed by atoms with Crippen molar-refractivity contribution in [1.82, 2.24) is 4.98 Å². The summed E-state index contributed by atoms with van der Waals surface area (Å²) in [5.74, 6) is 0.508. The Bertz CT molecular complexity index is 961. The van der Waals surface area contributed by atoms with Gasteiger partial charge in [-0.2, -0.15) is 0 Å². The van der Waals surface area contributed by atoms with Crippen molar-refractivity contribution in [3.05, 3.63) is 77.1 Å². The predicted octanol–water partition coefficient (Wildman–Crippen LogP) is 4.67. The Morgan fingerprint density at radius 1 is 1.00 bits per heavy atom. The summed E-state index contributed by atoms with van der Waals surface area (Å²) in [5, 5.41) is 6.74. The molecule has 4 rings (SSSR count). The summed E-state index contributed by atoms with van der Waals surface area (Å²) >= 11 is 6.04. The highest BCUT2D eigenvalue weighted by molar-refractivity contribution is 6.31. The molecule has 2 aromatic carbocycles. The van der Waals surface area contributed by atoms with Gasteiger partial charge in [0.05, 0.1) is 29.2 Å². The van der Waals surface area contributed by atoms with Crippen molar-refractivity contribution in [2.45, 2.75) is 6.42 Å². The van der Waals surface area contributed by atoms with Crippen LogP contribution in [0.25, 0.3) is 0 Å². The van der Waals surface area contributed by atoms with Crippen LogP contribution in [0.5, 0.6) is 5.75 Å². The summed E-state index contributed by atoms with van der Waals surface area (Å²) in [6.07, 6.45) is 4.34. The molecule has 0 bridgehead atoms. The van der Waals surface area contributed by atoms with Crippen molar-refractivity contribution < 1.29 is 9.53 Å². The molecule has 0 saturated carbocycles. The SMILES string of the molecule is O=C1Nc2cc(OCCc3cccnc3)ccc2Nc2cc(Cl)ccc21. The maximum atomic E-state index is 12.4. The lowest BCUT2D eigenvalue weighted by molar-refractivity contribution is 0.102. The Balaban J connectivity index is 1.51. The van der Waals surface area contributed by atoms with E-state index >= 15 is 0 Å². The van der Waals surface area contributed by atoms with Gasteiger partial charge in [-0.05, 0) is 42.0 Å². The third-order valence-corrected chi connectivity index (χ3v) is 4.35. The lowest BCUT2D eigenvalue weighted by atomic mass is 10.1. The molecule has 2 N–H and O–H groups in total. The minimum atomic E-state index is -0.185. The number of hydrogen-bond donors (Lipinski definition) is 2. The van der Waals surface area contributed by atoms with Gasteiger partial charge >= 0.3 is 0 Å². The van der Waals surface area contributed by atoms with E-state index in [-0.39, 0.29) is 5.91 Å². The van der Waals surface area contributed by atoms with Gasteiger partial charge in [0.25, 0.3) is 5.91 Å². The van der Waals surface area contributed by atoms with Crippen LogP contribution in [-0.4, -0.2) is 17.5 Å². The molecule has 0 atom stereocenters. The second-order valence-electron chi connectivity index (χ2n) is 5.94. The number of aromatic nitrogens is 1. The molecular weight excluding hydrogens is 350 g/mol.